The van der Waals surface area contributed by atoms with Gasteiger partial charge in [-0.25, -0.2) is 0 Å². The highest BCUT2D eigenvalue weighted by atomic mass is 79.9. The van der Waals surface area contributed by atoms with Crippen LogP contribution in [0, 0.1) is 0 Å². The molecule has 0 spiro atoms. The minimum Gasteiger partial charge on any atom is -0.495 e. The van der Waals surface area contributed by atoms with Crippen molar-refractivity contribution in [3.8, 4) is 5.75 Å². The Labute approximate surface area is 116 Å². The van der Waals surface area contributed by atoms with Crippen LogP contribution in [0.3, 0.4) is 0 Å². The number of benzene rings is 1. The molecular weight excluding hydrogens is 292 g/mol. The first-order valence-corrected chi connectivity index (χ1v) is 6.43. The van der Waals surface area contributed by atoms with Gasteiger partial charge in [0.2, 0.25) is 0 Å². The van der Waals surface area contributed by atoms with E-state index in [0.717, 1.165) is 28.0 Å². The van der Waals surface area contributed by atoms with Crippen LogP contribution in [0.5, 0.6) is 5.75 Å². The number of para-hydroxylation sites is 2. The molecule has 4 heteroatoms. The molecule has 1 aromatic heterocycles. The van der Waals surface area contributed by atoms with Crippen LogP contribution in [0.25, 0.3) is 0 Å². The molecule has 0 aliphatic heterocycles. The van der Waals surface area contributed by atoms with Crippen molar-refractivity contribution < 1.29 is 4.74 Å². The summed E-state index contributed by atoms with van der Waals surface area (Å²) in [7, 11) is 3.73. The summed E-state index contributed by atoms with van der Waals surface area (Å²) >= 11 is 3.43. The molecule has 18 heavy (non-hydrogen) atoms. The minimum atomic E-state index is 0.785. The lowest BCUT2D eigenvalue weighted by atomic mass is 10.2. The second kappa shape index (κ2) is 5.87. The summed E-state index contributed by atoms with van der Waals surface area (Å²) in [6.07, 6.45) is 3.66. The maximum atomic E-state index is 5.36. The number of hydrogen-bond acceptors (Lipinski definition) is 3. The van der Waals surface area contributed by atoms with Gasteiger partial charge in [-0.15, -0.1) is 0 Å². The minimum absolute atomic E-state index is 0.785. The number of halogens is 1. The first-order valence-electron chi connectivity index (χ1n) is 5.64. The molecule has 0 unspecified atom stereocenters. The number of anilines is 1. The van der Waals surface area contributed by atoms with Crippen molar-refractivity contribution in [3.05, 3.63) is 52.8 Å². The van der Waals surface area contributed by atoms with Gasteiger partial charge < -0.3 is 9.64 Å². The zero-order valence-electron chi connectivity index (χ0n) is 10.4. The van der Waals surface area contributed by atoms with E-state index >= 15 is 0 Å². The molecule has 0 amide bonds. The van der Waals surface area contributed by atoms with Gasteiger partial charge in [-0.1, -0.05) is 12.1 Å². The lowest BCUT2D eigenvalue weighted by molar-refractivity contribution is 0.415. The quantitative estimate of drug-likeness (QED) is 0.864. The van der Waals surface area contributed by atoms with Crippen molar-refractivity contribution in [1.82, 2.24) is 4.98 Å². The molecular formula is C14H15BrN2O. The Balaban J connectivity index is 2.19. The molecule has 0 saturated heterocycles. The van der Waals surface area contributed by atoms with Crippen LogP contribution in [0.15, 0.2) is 47.2 Å². The Morgan fingerprint density at radius 3 is 2.78 bits per heavy atom. The molecule has 0 N–H and O–H groups in total. The lowest BCUT2D eigenvalue weighted by Crippen LogP contribution is -2.17. The fourth-order valence-corrected chi connectivity index (χ4v) is 2.26. The fraction of sp³-hybridized carbons (Fsp3) is 0.214. The van der Waals surface area contributed by atoms with Crippen LogP contribution in [0.1, 0.15) is 5.56 Å². The topological polar surface area (TPSA) is 25.4 Å². The van der Waals surface area contributed by atoms with Gasteiger partial charge in [0.25, 0.3) is 0 Å². The standard InChI is InChI=1S/C14H15BrN2O/c1-17(10-11-7-12(15)9-16-8-11)13-5-3-4-6-14(13)18-2/h3-9H,10H2,1-2H3. The van der Waals surface area contributed by atoms with Crippen molar-refractivity contribution in [2.24, 2.45) is 0 Å². The molecule has 0 saturated carbocycles. The Kier molecular flexibility index (Phi) is 4.20. The first-order chi connectivity index (χ1) is 8.70. The van der Waals surface area contributed by atoms with Gasteiger partial charge in [0.15, 0.2) is 0 Å². The summed E-state index contributed by atoms with van der Waals surface area (Å²) in [6.45, 7) is 0.785. The van der Waals surface area contributed by atoms with Crippen LogP contribution < -0.4 is 9.64 Å². The predicted molar refractivity (Wildman–Crippen MR) is 77.0 cm³/mol. The number of pyridine rings is 1. The molecule has 94 valence electrons. The van der Waals surface area contributed by atoms with Crippen LogP contribution >= 0.6 is 15.9 Å². The van der Waals surface area contributed by atoms with Crippen molar-refractivity contribution in [3.63, 3.8) is 0 Å². The van der Waals surface area contributed by atoms with Crippen molar-refractivity contribution >= 4 is 21.6 Å². The van der Waals surface area contributed by atoms with Gasteiger partial charge in [0, 0.05) is 30.5 Å². The highest BCUT2D eigenvalue weighted by Crippen LogP contribution is 2.27. The van der Waals surface area contributed by atoms with E-state index in [1.807, 2.05) is 37.5 Å². The van der Waals surface area contributed by atoms with Crippen molar-refractivity contribution in [2.75, 3.05) is 19.1 Å². The molecule has 0 aliphatic rings. The predicted octanol–water partition coefficient (Wildman–Crippen LogP) is 3.49. The van der Waals surface area contributed by atoms with Gasteiger partial charge >= 0.3 is 0 Å². The van der Waals surface area contributed by atoms with E-state index in [0.29, 0.717) is 0 Å². The Hall–Kier alpha value is -1.55. The zero-order valence-corrected chi connectivity index (χ0v) is 12.0. The van der Waals surface area contributed by atoms with Crippen LogP contribution in [0.2, 0.25) is 0 Å². The van der Waals surface area contributed by atoms with Gasteiger partial charge in [0.05, 0.1) is 12.8 Å². The third-order valence-corrected chi connectivity index (χ3v) is 3.11. The van der Waals surface area contributed by atoms with E-state index in [2.05, 4.69) is 31.9 Å². The smallest absolute Gasteiger partial charge is 0.142 e. The summed E-state index contributed by atoms with van der Waals surface area (Å²) < 4.78 is 6.36. The molecule has 0 radical (unpaired) electrons. The van der Waals surface area contributed by atoms with E-state index in [1.54, 1.807) is 13.3 Å². The molecule has 2 aromatic rings. The van der Waals surface area contributed by atoms with E-state index in [1.165, 1.54) is 0 Å². The molecule has 0 aliphatic carbocycles. The Morgan fingerprint density at radius 2 is 2.06 bits per heavy atom. The fourth-order valence-electron chi connectivity index (χ4n) is 1.85. The highest BCUT2D eigenvalue weighted by Gasteiger charge is 2.08. The third-order valence-electron chi connectivity index (χ3n) is 2.68. The number of aromatic nitrogens is 1. The van der Waals surface area contributed by atoms with E-state index in [9.17, 15) is 0 Å². The highest BCUT2D eigenvalue weighted by molar-refractivity contribution is 9.10. The van der Waals surface area contributed by atoms with Crippen LogP contribution in [-0.2, 0) is 6.54 Å². The summed E-state index contributed by atoms with van der Waals surface area (Å²) in [4.78, 5) is 6.31. The summed E-state index contributed by atoms with van der Waals surface area (Å²) in [5.41, 5.74) is 2.22. The largest absolute Gasteiger partial charge is 0.495 e. The first kappa shape index (κ1) is 12.9. The second-order valence-electron chi connectivity index (χ2n) is 4.04. The number of nitrogens with zero attached hydrogens (tertiary/aromatic N) is 2. The molecule has 2 rings (SSSR count). The molecule has 0 atom stereocenters. The zero-order chi connectivity index (χ0) is 13.0. The average molecular weight is 307 g/mol. The summed E-state index contributed by atoms with van der Waals surface area (Å²) in [6, 6.07) is 10.1. The van der Waals surface area contributed by atoms with Gasteiger partial charge in [0.1, 0.15) is 5.75 Å². The average Bonchev–Trinajstić information content (AvgIpc) is 2.38. The van der Waals surface area contributed by atoms with Gasteiger partial charge in [-0.3, -0.25) is 4.98 Å². The monoisotopic (exact) mass is 306 g/mol. The Bertz CT molecular complexity index is 531. The number of rotatable bonds is 4. The summed E-state index contributed by atoms with van der Waals surface area (Å²) in [5, 5.41) is 0. The maximum absolute atomic E-state index is 5.36. The van der Waals surface area contributed by atoms with Crippen molar-refractivity contribution in [1.29, 1.82) is 0 Å². The SMILES string of the molecule is COc1ccccc1N(C)Cc1cncc(Br)c1. The molecule has 1 aromatic carbocycles. The number of methoxy groups -OCH3 is 1. The van der Waals surface area contributed by atoms with Gasteiger partial charge in [-0.2, -0.15) is 0 Å². The summed E-state index contributed by atoms with van der Waals surface area (Å²) in [5.74, 6) is 0.878. The lowest BCUT2D eigenvalue weighted by Gasteiger charge is -2.21. The number of hydrogen-bond donors (Lipinski definition) is 0. The molecule has 0 fully saturated rings. The van der Waals surface area contributed by atoms with Crippen LogP contribution in [0.4, 0.5) is 5.69 Å². The van der Waals surface area contributed by atoms with E-state index in [4.69, 9.17) is 4.74 Å². The molecule has 0 bridgehead atoms. The van der Waals surface area contributed by atoms with E-state index in [-0.39, 0.29) is 0 Å². The Morgan fingerprint density at radius 1 is 1.28 bits per heavy atom. The second-order valence-corrected chi connectivity index (χ2v) is 4.95. The van der Waals surface area contributed by atoms with Crippen LogP contribution in [-0.4, -0.2) is 19.1 Å². The third kappa shape index (κ3) is 3.01. The maximum Gasteiger partial charge on any atom is 0.142 e. The van der Waals surface area contributed by atoms with Gasteiger partial charge in [-0.05, 0) is 39.7 Å². The van der Waals surface area contributed by atoms with Crippen molar-refractivity contribution in [2.45, 2.75) is 6.54 Å². The molecule has 1 heterocycles. The van der Waals surface area contributed by atoms with E-state index < -0.39 is 0 Å². The normalized spacial score (nSPS) is 10.2. The molecule has 3 nitrogen and oxygen atoms in total. The number of ether oxygens (including phenoxy) is 1.